The van der Waals surface area contributed by atoms with Gasteiger partial charge in [0.1, 0.15) is 5.82 Å². The summed E-state index contributed by atoms with van der Waals surface area (Å²) in [6.07, 6.45) is 5.05. The van der Waals surface area contributed by atoms with Crippen molar-refractivity contribution in [3.8, 4) is 12.3 Å². The molecule has 0 saturated carbocycles. The Labute approximate surface area is 65.8 Å². The first-order valence-electron chi connectivity index (χ1n) is 3.30. The zero-order valence-electron chi connectivity index (χ0n) is 6.33. The summed E-state index contributed by atoms with van der Waals surface area (Å²) in [6, 6.07) is 3.73. The van der Waals surface area contributed by atoms with Gasteiger partial charge in [0.2, 0.25) is 0 Å². The molecule has 1 aromatic rings. The molecule has 0 amide bonds. The van der Waals surface area contributed by atoms with Crippen molar-refractivity contribution in [2.45, 2.75) is 6.92 Å². The van der Waals surface area contributed by atoms with E-state index < -0.39 is 0 Å². The molecule has 1 heterocycles. The highest BCUT2D eigenvalue weighted by Gasteiger charge is 1.90. The molecule has 0 saturated heterocycles. The first-order valence-corrected chi connectivity index (χ1v) is 3.30. The predicted molar refractivity (Wildman–Crippen MR) is 44.1 cm³/mol. The fraction of sp³-hybridized carbons (Fsp3) is 0.250. The van der Waals surface area contributed by atoms with Gasteiger partial charge in [0.25, 0.3) is 0 Å². The van der Waals surface area contributed by atoms with Crippen LogP contribution in [-0.2, 0) is 0 Å². The lowest BCUT2D eigenvalue weighted by Crippen LogP contribution is -2.01. The highest BCUT2D eigenvalue weighted by atomic mass is 15.2. The third kappa shape index (κ3) is 2.26. The Bertz CT molecular complexity index is 258. The van der Waals surface area contributed by atoms with E-state index in [0.717, 1.165) is 5.69 Å². The number of terminal acetylenes is 1. The summed E-state index contributed by atoms with van der Waals surface area (Å²) in [5, 5.41) is 10.6. The van der Waals surface area contributed by atoms with E-state index in [0.29, 0.717) is 12.4 Å². The van der Waals surface area contributed by atoms with Gasteiger partial charge in [0.05, 0.1) is 12.2 Å². The van der Waals surface area contributed by atoms with Gasteiger partial charge in [0.15, 0.2) is 0 Å². The number of nitrogens with one attached hydrogen (secondary N) is 1. The van der Waals surface area contributed by atoms with Crippen LogP contribution < -0.4 is 5.32 Å². The summed E-state index contributed by atoms with van der Waals surface area (Å²) < 4.78 is 0. The molecule has 0 radical (unpaired) electrons. The quantitative estimate of drug-likeness (QED) is 0.629. The minimum atomic E-state index is 0.484. The molecule has 0 bridgehead atoms. The zero-order valence-corrected chi connectivity index (χ0v) is 6.33. The number of aromatic nitrogens is 2. The smallest absolute Gasteiger partial charge is 0.149 e. The molecule has 0 aliphatic heterocycles. The summed E-state index contributed by atoms with van der Waals surface area (Å²) in [7, 11) is 0. The van der Waals surface area contributed by atoms with Crippen molar-refractivity contribution in [1.29, 1.82) is 0 Å². The predicted octanol–water partition coefficient (Wildman–Crippen LogP) is 0.830. The lowest BCUT2D eigenvalue weighted by atomic mass is 10.4. The Morgan fingerprint density at radius 2 is 2.36 bits per heavy atom. The van der Waals surface area contributed by atoms with Gasteiger partial charge >= 0.3 is 0 Å². The molecule has 3 nitrogen and oxygen atoms in total. The molecule has 0 fully saturated rings. The monoisotopic (exact) mass is 147 g/mol. The van der Waals surface area contributed by atoms with E-state index >= 15 is 0 Å². The highest BCUT2D eigenvalue weighted by Crippen LogP contribution is 1.98. The maximum atomic E-state index is 5.05. The SMILES string of the molecule is C#CCNc1ccc(C)nn1. The van der Waals surface area contributed by atoms with Gasteiger partial charge in [-0.05, 0) is 19.1 Å². The van der Waals surface area contributed by atoms with E-state index in [1.165, 1.54) is 0 Å². The van der Waals surface area contributed by atoms with Crippen molar-refractivity contribution in [1.82, 2.24) is 10.2 Å². The third-order valence-electron chi connectivity index (χ3n) is 1.17. The molecule has 0 spiro atoms. The standard InChI is InChI=1S/C8H9N3/c1-3-6-9-8-5-4-7(2)10-11-8/h1,4-5H,6H2,2H3,(H,9,11). The van der Waals surface area contributed by atoms with Gasteiger partial charge in [-0.2, -0.15) is 5.10 Å². The maximum absolute atomic E-state index is 5.05. The average Bonchev–Trinajstić information content (AvgIpc) is 2.04. The topological polar surface area (TPSA) is 37.8 Å². The maximum Gasteiger partial charge on any atom is 0.149 e. The highest BCUT2D eigenvalue weighted by molar-refractivity contribution is 5.34. The molecule has 0 atom stereocenters. The summed E-state index contributed by atoms with van der Waals surface area (Å²) in [5.74, 6) is 3.17. The summed E-state index contributed by atoms with van der Waals surface area (Å²) >= 11 is 0. The fourth-order valence-electron chi connectivity index (χ4n) is 0.635. The van der Waals surface area contributed by atoms with E-state index in [1.807, 2.05) is 19.1 Å². The second-order valence-corrected chi connectivity index (χ2v) is 2.12. The Morgan fingerprint density at radius 1 is 1.55 bits per heavy atom. The van der Waals surface area contributed by atoms with Crippen LogP contribution in [0.2, 0.25) is 0 Å². The lowest BCUT2D eigenvalue weighted by molar-refractivity contribution is 0.978. The van der Waals surface area contributed by atoms with Crippen LogP contribution in [0.4, 0.5) is 5.82 Å². The molecular weight excluding hydrogens is 138 g/mol. The molecule has 0 aliphatic carbocycles. The molecule has 11 heavy (non-hydrogen) atoms. The largest absolute Gasteiger partial charge is 0.358 e. The Hall–Kier alpha value is -1.56. The molecule has 3 heteroatoms. The van der Waals surface area contributed by atoms with Gasteiger partial charge in [0, 0.05) is 0 Å². The van der Waals surface area contributed by atoms with E-state index in [2.05, 4.69) is 21.4 Å². The van der Waals surface area contributed by atoms with Crippen LogP contribution in [0.15, 0.2) is 12.1 Å². The van der Waals surface area contributed by atoms with E-state index in [4.69, 9.17) is 6.42 Å². The van der Waals surface area contributed by atoms with Crippen LogP contribution in [0.25, 0.3) is 0 Å². The van der Waals surface area contributed by atoms with E-state index in [1.54, 1.807) is 0 Å². The zero-order chi connectivity index (χ0) is 8.10. The molecular formula is C8H9N3. The van der Waals surface area contributed by atoms with Crippen molar-refractivity contribution in [2.75, 3.05) is 11.9 Å². The van der Waals surface area contributed by atoms with Crippen LogP contribution in [0, 0.1) is 19.3 Å². The van der Waals surface area contributed by atoms with Gasteiger partial charge in [-0.3, -0.25) is 0 Å². The third-order valence-corrected chi connectivity index (χ3v) is 1.17. The van der Waals surface area contributed by atoms with Crippen molar-refractivity contribution in [3.05, 3.63) is 17.8 Å². The van der Waals surface area contributed by atoms with Crippen molar-refractivity contribution >= 4 is 5.82 Å². The first-order chi connectivity index (χ1) is 5.33. The Balaban J connectivity index is 2.60. The van der Waals surface area contributed by atoms with Crippen LogP contribution in [-0.4, -0.2) is 16.7 Å². The molecule has 0 aromatic carbocycles. The Morgan fingerprint density at radius 3 is 2.91 bits per heavy atom. The van der Waals surface area contributed by atoms with Crippen LogP contribution in [0.1, 0.15) is 5.69 Å². The number of hydrogen-bond acceptors (Lipinski definition) is 3. The molecule has 1 N–H and O–H groups in total. The summed E-state index contributed by atoms with van der Waals surface area (Å²) in [4.78, 5) is 0. The molecule has 1 aromatic heterocycles. The molecule has 1 rings (SSSR count). The fourth-order valence-corrected chi connectivity index (χ4v) is 0.635. The van der Waals surface area contributed by atoms with Gasteiger partial charge in [-0.25, -0.2) is 0 Å². The second kappa shape index (κ2) is 3.57. The molecule has 56 valence electrons. The van der Waals surface area contributed by atoms with E-state index in [-0.39, 0.29) is 0 Å². The van der Waals surface area contributed by atoms with Crippen LogP contribution in [0.3, 0.4) is 0 Å². The summed E-state index contributed by atoms with van der Waals surface area (Å²) in [5.41, 5.74) is 0.899. The second-order valence-electron chi connectivity index (χ2n) is 2.12. The van der Waals surface area contributed by atoms with Crippen molar-refractivity contribution in [3.63, 3.8) is 0 Å². The number of anilines is 1. The van der Waals surface area contributed by atoms with Crippen molar-refractivity contribution < 1.29 is 0 Å². The van der Waals surface area contributed by atoms with Gasteiger partial charge in [-0.1, -0.05) is 5.92 Å². The molecule has 0 aliphatic rings. The Kier molecular flexibility index (Phi) is 2.45. The number of hydrogen-bond donors (Lipinski definition) is 1. The first kappa shape index (κ1) is 7.55. The van der Waals surface area contributed by atoms with Crippen LogP contribution >= 0.6 is 0 Å². The van der Waals surface area contributed by atoms with E-state index in [9.17, 15) is 0 Å². The number of nitrogens with zero attached hydrogens (tertiary/aromatic N) is 2. The van der Waals surface area contributed by atoms with Crippen LogP contribution in [0.5, 0.6) is 0 Å². The normalized spacial score (nSPS) is 8.73. The minimum absolute atomic E-state index is 0.484. The molecule has 0 unspecified atom stereocenters. The van der Waals surface area contributed by atoms with Gasteiger partial charge in [-0.15, -0.1) is 11.5 Å². The minimum Gasteiger partial charge on any atom is -0.358 e. The number of aryl methyl sites for hydroxylation is 1. The van der Waals surface area contributed by atoms with Gasteiger partial charge < -0.3 is 5.32 Å². The number of rotatable bonds is 2. The lowest BCUT2D eigenvalue weighted by Gasteiger charge is -1.98. The summed E-state index contributed by atoms with van der Waals surface area (Å²) in [6.45, 7) is 2.37. The van der Waals surface area contributed by atoms with Crippen molar-refractivity contribution in [2.24, 2.45) is 0 Å². The average molecular weight is 147 g/mol.